The van der Waals surface area contributed by atoms with Crippen LogP contribution in [0.4, 0.5) is 13.2 Å². The number of hydrogen-bond donors (Lipinski definition) is 2. The van der Waals surface area contributed by atoms with E-state index >= 15 is 0 Å². The number of rotatable bonds is 7. The monoisotopic (exact) mass is 470 g/mol. The van der Waals surface area contributed by atoms with Crippen LogP contribution >= 0.6 is 0 Å². The number of nitrogens with one attached hydrogen (secondary N) is 1. The molecule has 2 atom stereocenters. The van der Waals surface area contributed by atoms with Crippen LogP contribution in [-0.2, 0) is 25.7 Å². The van der Waals surface area contributed by atoms with Crippen LogP contribution in [0.2, 0.25) is 0 Å². The van der Waals surface area contributed by atoms with Gasteiger partial charge in [0.1, 0.15) is 0 Å². The molecule has 2 bridgehead atoms. The molecular formula is C23H29F3N2O5. The summed E-state index contributed by atoms with van der Waals surface area (Å²) >= 11 is 0. The number of esters is 1. The van der Waals surface area contributed by atoms with E-state index in [0.717, 1.165) is 19.4 Å². The number of nitrogens with zero attached hydrogens (tertiary/aromatic N) is 1. The molecule has 33 heavy (non-hydrogen) atoms. The number of hydrogen-bond acceptors (Lipinski definition) is 5. The van der Waals surface area contributed by atoms with Gasteiger partial charge >= 0.3 is 18.1 Å². The fourth-order valence-electron chi connectivity index (χ4n) is 4.21. The number of benzene rings is 1. The Bertz CT molecular complexity index is 815. The maximum absolute atomic E-state index is 12.5. The SMILES string of the molecule is COC(=O)/C=C/CCNC(=O)C1CC2CCC(C1)N2Cc1ccccc1.O=C(O)C(F)(F)F. The zero-order valence-corrected chi connectivity index (χ0v) is 18.4. The summed E-state index contributed by atoms with van der Waals surface area (Å²) < 4.78 is 36.3. The van der Waals surface area contributed by atoms with Crippen LogP contribution in [0.15, 0.2) is 42.5 Å². The normalized spacial score (nSPS) is 22.4. The molecule has 2 unspecified atom stereocenters. The van der Waals surface area contributed by atoms with Gasteiger partial charge in [0.15, 0.2) is 0 Å². The Hall–Kier alpha value is -2.88. The summed E-state index contributed by atoms with van der Waals surface area (Å²) in [7, 11) is 1.35. The molecule has 2 heterocycles. The molecule has 0 aliphatic carbocycles. The zero-order valence-electron chi connectivity index (χ0n) is 18.4. The highest BCUT2D eigenvalue weighted by molar-refractivity contribution is 5.81. The molecule has 10 heteroatoms. The van der Waals surface area contributed by atoms with Gasteiger partial charge in [0, 0.05) is 37.2 Å². The van der Waals surface area contributed by atoms with Crippen molar-refractivity contribution in [3.8, 4) is 0 Å². The number of aliphatic carboxylic acids is 1. The number of alkyl halides is 3. The van der Waals surface area contributed by atoms with Crippen LogP contribution in [0.5, 0.6) is 0 Å². The standard InChI is InChI=1S/C21H28N2O3.C2HF3O2/c1-26-20(24)9-5-6-12-22-21(25)17-13-18-10-11-19(14-17)23(18)15-16-7-3-2-4-8-16;3-2(4,5)1(6)7/h2-5,7-9,17-19H,6,10-15H2,1H3,(H,22,25);(H,6,7)/b9-5+;. The molecular weight excluding hydrogens is 441 g/mol. The van der Waals surface area contributed by atoms with E-state index in [1.807, 2.05) is 0 Å². The van der Waals surface area contributed by atoms with Crippen molar-refractivity contribution < 1.29 is 37.4 Å². The van der Waals surface area contributed by atoms with E-state index in [4.69, 9.17) is 9.90 Å². The summed E-state index contributed by atoms with van der Waals surface area (Å²) in [4.78, 5) is 35.0. The summed E-state index contributed by atoms with van der Waals surface area (Å²) in [6.45, 7) is 1.55. The zero-order chi connectivity index (χ0) is 24.4. The lowest BCUT2D eigenvalue weighted by molar-refractivity contribution is -0.192. The van der Waals surface area contributed by atoms with Crippen LogP contribution < -0.4 is 5.32 Å². The van der Waals surface area contributed by atoms with Gasteiger partial charge in [0.05, 0.1) is 7.11 Å². The predicted octanol–water partition coefficient (Wildman–Crippen LogP) is 3.30. The van der Waals surface area contributed by atoms with Gasteiger partial charge in [-0.2, -0.15) is 13.2 Å². The Morgan fingerprint density at radius 1 is 1.15 bits per heavy atom. The lowest BCUT2D eigenvalue weighted by Gasteiger charge is -2.38. The van der Waals surface area contributed by atoms with E-state index in [9.17, 15) is 22.8 Å². The van der Waals surface area contributed by atoms with Crippen LogP contribution in [0.1, 0.15) is 37.7 Å². The Balaban J connectivity index is 0.000000479. The van der Waals surface area contributed by atoms with E-state index in [1.54, 1.807) is 6.08 Å². The number of methoxy groups -OCH3 is 1. The lowest BCUT2D eigenvalue weighted by Crippen LogP contribution is -2.46. The Labute approximate surface area is 190 Å². The van der Waals surface area contributed by atoms with Crippen LogP contribution in [-0.4, -0.2) is 59.8 Å². The second kappa shape index (κ2) is 12.4. The molecule has 7 nitrogen and oxygen atoms in total. The molecule has 0 saturated carbocycles. The maximum Gasteiger partial charge on any atom is 0.490 e. The first-order valence-corrected chi connectivity index (χ1v) is 10.7. The number of halogens is 3. The van der Waals surface area contributed by atoms with E-state index in [-0.39, 0.29) is 17.8 Å². The summed E-state index contributed by atoms with van der Waals surface area (Å²) in [5, 5.41) is 10.1. The minimum Gasteiger partial charge on any atom is -0.475 e. The smallest absolute Gasteiger partial charge is 0.475 e. The van der Waals surface area contributed by atoms with Gasteiger partial charge in [-0.1, -0.05) is 36.4 Å². The molecule has 2 aliphatic heterocycles. The van der Waals surface area contributed by atoms with E-state index in [1.165, 1.54) is 31.6 Å². The molecule has 0 aromatic heterocycles. The van der Waals surface area contributed by atoms with Crippen molar-refractivity contribution in [3.63, 3.8) is 0 Å². The van der Waals surface area contributed by atoms with Crippen molar-refractivity contribution in [3.05, 3.63) is 48.0 Å². The van der Waals surface area contributed by atoms with Crippen molar-refractivity contribution in [2.75, 3.05) is 13.7 Å². The van der Waals surface area contributed by atoms with Gasteiger partial charge in [-0.3, -0.25) is 9.69 Å². The van der Waals surface area contributed by atoms with E-state index < -0.39 is 12.1 Å². The number of amides is 1. The topological polar surface area (TPSA) is 95.9 Å². The van der Waals surface area contributed by atoms with Crippen LogP contribution in [0, 0.1) is 5.92 Å². The first kappa shape index (κ1) is 26.4. The molecule has 0 spiro atoms. The molecule has 3 rings (SSSR count). The number of carbonyl (C=O) groups is 3. The van der Waals surface area contributed by atoms with Crippen LogP contribution in [0.25, 0.3) is 0 Å². The number of carbonyl (C=O) groups excluding carboxylic acids is 2. The lowest BCUT2D eigenvalue weighted by atomic mass is 9.89. The molecule has 2 saturated heterocycles. The van der Waals surface area contributed by atoms with E-state index in [0.29, 0.717) is 25.0 Å². The summed E-state index contributed by atoms with van der Waals surface area (Å²) in [5.41, 5.74) is 1.35. The van der Waals surface area contributed by atoms with Crippen molar-refractivity contribution in [1.29, 1.82) is 0 Å². The summed E-state index contributed by atoms with van der Waals surface area (Å²) in [5.74, 6) is -2.84. The quantitative estimate of drug-likeness (QED) is 0.361. The van der Waals surface area contributed by atoms with Gasteiger partial charge in [-0.15, -0.1) is 0 Å². The van der Waals surface area contributed by atoms with Gasteiger partial charge < -0.3 is 15.2 Å². The first-order chi connectivity index (χ1) is 15.6. The number of fused-ring (bicyclic) bond motifs is 2. The second-order valence-corrected chi connectivity index (χ2v) is 8.02. The first-order valence-electron chi connectivity index (χ1n) is 10.7. The fourth-order valence-corrected chi connectivity index (χ4v) is 4.21. The average Bonchev–Trinajstić information content (AvgIpc) is 3.00. The molecule has 0 radical (unpaired) electrons. The molecule has 182 valence electrons. The third-order valence-corrected chi connectivity index (χ3v) is 5.77. The van der Waals surface area contributed by atoms with Gasteiger partial charge in [0.2, 0.25) is 5.91 Å². The second-order valence-electron chi connectivity index (χ2n) is 8.02. The van der Waals surface area contributed by atoms with E-state index in [2.05, 4.69) is 45.3 Å². The molecule has 1 amide bonds. The summed E-state index contributed by atoms with van der Waals surface area (Å²) in [6, 6.07) is 11.6. The highest BCUT2D eigenvalue weighted by Gasteiger charge is 2.42. The minimum atomic E-state index is -5.08. The highest BCUT2D eigenvalue weighted by Crippen LogP contribution is 2.39. The van der Waals surface area contributed by atoms with Crippen molar-refractivity contribution in [2.45, 2.75) is 56.9 Å². The van der Waals surface area contributed by atoms with Crippen molar-refractivity contribution >= 4 is 17.8 Å². The number of carboxylic acids is 1. The molecule has 2 fully saturated rings. The largest absolute Gasteiger partial charge is 0.490 e. The predicted molar refractivity (Wildman–Crippen MR) is 114 cm³/mol. The molecule has 1 aromatic rings. The highest BCUT2D eigenvalue weighted by atomic mass is 19.4. The van der Waals surface area contributed by atoms with Gasteiger partial charge in [-0.05, 0) is 37.7 Å². The molecule has 1 aromatic carbocycles. The van der Waals surface area contributed by atoms with Gasteiger partial charge in [-0.25, -0.2) is 9.59 Å². The number of carboxylic acid groups (broad SMARTS) is 1. The molecule has 2 N–H and O–H groups in total. The fraction of sp³-hybridized carbons (Fsp3) is 0.522. The summed E-state index contributed by atoms with van der Waals surface area (Å²) in [6.07, 6.45) is 2.99. The Kier molecular flexibility index (Phi) is 9.90. The number of ether oxygens (including phenoxy) is 1. The van der Waals surface area contributed by atoms with Crippen molar-refractivity contribution in [1.82, 2.24) is 10.2 Å². The maximum atomic E-state index is 12.5. The third kappa shape index (κ3) is 8.53. The molecule has 2 aliphatic rings. The third-order valence-electron chi connectivity index (χ3n) is 5.77. The minimum absolute atomic E-state index is 0.115. The Morgan fingerprint density at radius 3 is 2.24 bits per heavy atom. The number of piperidine rings is 1. The van der Waals surface area contributed by atoms with Crippen molar-refractivity contribution in [2.24, 2.45) is 5.92 Å². The Morgan fingerprint density at radius 2 is 1.73 bits per heavy atom. The van der Waals surface area contributed by atoms with Gasteiger partial charge in [0.25, 0.3) is 0 Å². The average molecular weight is 470 g/mol. The van der Waals surface area contributed by atoms with Crippen LogP contribution in [0.3, 0.4) is 0 Å².